The van der Waals surface area contributed by atoms with Gasteiger partial charge in [-0.3, -0.25) is 5.32 Å². The van der Waals surface area contributed by atoms with Crippen molar-refractivity contribution in [1.82, 2.24) is 4.98 Å². The number of carbonyl (C=O) groups is 1. The van der Waals surface area contributed by atoms with Crippen LogP contribution >= 0.6 is 0 Å². The molecule has 0 aliphatic rings. The first kappa shape index (κ1) is 20.2. The average Bonchev–Trinajstić information content (AvgIpc) is 2.69. The van der Waals surface area contributed by atoms with Crippen LogP contribution < -0.4 is 20.1 Å². The van der Waals surface area contributed by atoms with Crippen molar-refractivity contribution in [1.29, 1.82) is 0 Å². The molecule has 6 heteroatoms. The van der Waals surface area contributed by atoms with Crippen molar-refractivity contribution < 1.29 is 14.3 Å². The van der Waals surface area contributed by atoms with Gasteiger partial charge >= 0.3 is 6.03 Å². The lowest BCUT2D eigenvalue weighted by atomic mass is 9.88. The zero-order chi connectivity index (χ0) is 20.9. The number of nitrogens with one attached hydrogen (secondary N) is 2. The molecule has 0 radical (unpaired) electrons. The van der Waals surface area contributed by atoms with E-state index in [4.69, 9.17) is 9.47 Å². The van der Waals surface area contributed by atoms with Crippen molar-refractivity contribution in [2.24, 2.45) is 0 Å². The Morgan fingerprint density at radius 1 is 0.862 bits per heavy atom. The summed E-state index contributed by atoms with van der Waals surface area (Å²) in [6.45, 7) is 6.34. The van der Waals surface area contributed by atoms with Crippen LogP contribution in [0.1, 0.15) is 26.3 Å². The molecule has 0 aliphatic carbocycles. The van der Waals surface area contributed by atoms with Gasteiger partial charge in [0.25, 0.3) is 0 Å². The van der Waals surface area contributed by atoms with Crippen LogP contribution in [0.15, 0.2) is 66.9 Å². The first-order valence-electron chi connectivity index (χ1n) is 9.30. The van der Waals surface area contributed by atoms with E-state index in [1.54, 1.807) is 37.6 Å². The van der Waals surface area contributed by atoms with Gasteiger partial charge in [0, 0.05) is 11.9 Å². The fourth-order valence-corrected chi connectivity index (χ4v) is 2.63. The van der Waals surface area contributed by atoms with Gasteiger partial charge in [0.2, 0.25) is 0 Å². The third-order valence-electron chi connectivity index (χ3n) is 4.27. The summed E-state index contributed by atoms with van der Waals surface area (Å²) in [6.07, 6.45) is 1.70. The Morgan fingerprint density at radius 3 is 2.03 bits per heavy atom. The van der Waals surface area contributed by atoms with Crippen molar-refractivity contribution >= 4 is 17.5 Å². The summed E-state index contributed by atoms with van der Waals surface area (Å²) < 4.78 is 10.9. The van der Waals surface area contributed by atoms with E-state index in [9.17, 15) is 4.79 Å². The summed E-state index contributed by atoms with van der Waals surface area (Å²) in [5, 5.41) is 5.56. The van der Waals surface area contributed by atoms with Gasteiger partial charge in [-0.05, 0) is 71.6 Å². The first-order chi connectivity index (χ1) is 13.8. The molecule has 1 aromatic heterocycles. The van der Waals surface area contributed by atoms with Crippen LogP contribution in [0, 0.1) is 0 Å². The zero-order valence-electron chi connectivity index (χ0n) is 17.0. The SMILES string of the molecule is COc1ccc(Oc2ccc(NC(=O)Nc3cc(C(C)(C)C)ccn3)cc2)cc1. The molecular formula is C23H25N3O3. The molecule has 3 rings (SSSR count). The molecule has 0 saturated carbocycles. The monoisotopic (exact) mass is 391 g/mol. The van der Waals surface area contributed by atoms with E-state index in [-0.39, 0.29) is 11.4 Å². The lowest BCUT2D eigenvalue weighted by molar-refractivity contribution is 0.262. The highest BCUT2D eigenvalue weighted by Gasteiger charge is 2.14. The molecule has 150 valence electrons. The molecule has 1 heterocycles. The zero-order valence-corrected chi connectivity index (χ0v) is 17.0. The highest BCUT2D eigenvalue weighted by atomic mass is 16.5. The Labute approximate surface area is 170 Å². The van der Waals surface area contributed by atoms with Gasteiger partial charge in [-0.2, -0.15) is 0 Å². The molecule has 0 saturated heterocycles. The van der Waals surface area contributed by atoms with Crippen molar-refractivity contribution in [2.45, 2.75) is 26.2 Å². The number of urea groups is 1. The van der Waals surface area contributed by atoms with E-state index in [2.05, 4.69) is 36.4 Å². The molecule has 0 atom stereocenters. The number of nitrogens with zero attached hydrogens (tertiary/aromatic N) is 1. The third-order valence-corrected chi connectivity index (χ3v) is 4.27. The van der Waals surface area contributed by atoms with E-state index >= 15 is 0 Å². The van der Waals surface area contributed by atoms with Crippen molar-refractivity contribution in [2.75, 3.05) is 17.7 Å². The summed E-state index contributed by atoms with van der Waals surface area (Å²) in [7, 11) is 1.62. The Balaban J connectivity index is 1.58. The van der Waals surface area contributed by atoms with Crippen molar-refractivity contribution in [3.63, 3.8) is 0 Å². The van der Waals surface area contributed by atoms with Gasteiger partial charge in [-0.1, -0.05) is 20.8 Å². The number of hydrogen-bond acceptors (Lipinski definition) is 4. The normalized spacial score (nSPS) is 10.9. The number of hydrogen-bond donors (Lipinski definition) is 2. The Morgan fingerprint density at radius 2 is 1.45 bits per heavy atom. The fourth-order valence-electron chi connectivity index (χ4n) is 2.63. The largest absolute Gasteiger partial charge is 0.497 e. The molecule has 2 aromatic carbocycles. The number of benzene rings is 2. The minimum atomic E-state index is -0.354. The van der Waals surface area contributed by atoms with Crippen LogP contribution in [0.2, 0.25) is 0 Å². The number of methoxy groups -OCH3 is 1. The fraction of sp³-hybridized carbons (Fsp3) is 0.217. The van der Waals surface area contributed by atoms with E-state index in [1.165, 1.54) is 0 Å². The van der Waals surface area contributed by atoms with Gasteiger partial charge in [0.1, 0.15) is 23.1 Å². The first-order valence-corrected chi connectivity index (χ1v) is 9.30. The summed E-state index contributed by atoms with van der Waals surface area (Å²) in [6, 6.07) is 17.9. The maximum absolute atomic E-state index is 12.3. The topological polar surface area (TPSA) is 72.5 Å². The van der Waals surface area contributed by atoms with Crippen molar-refractivity contribution in [3.8, 4) is 17.2 Å². The Hall–Kier alpha value is -3.54. The molecule has 0 aliphatic heterocycles. The van der Waals surface area contributed by atoms with Crippen molar-refractivity contribution in [3.05, 3.63) is 72.4 Å². The van der Waals surface area contributed by atoms with E-state index in [0.717, 1.165) is 11.3 Å². The predicted octanol–water partition coefficient (Wildman–Crippen LogP) is 5.82. The predicted molar refractivity (Wildman–Crippen MR) is 115 cm³/mol. The van der Waals surface area contributed by atoms with Gasteiger partial charge in [-0.25, -0.2) is 9.78 Å². The number of ether oxygens (including phenoxy) is 2. The molecule has 0 bridgehead atoms. The summed E-state index contributed by atoms with van der Waals surface area (Å²) in [5.74, 6) is 2.65. The summed E-state index contributed by atoms with van der Waals surface area (Å²) >= 11 is 0. The number of pyridine rings is 1. The minimum absolute atomic E-state index is 0.0183. The van der Waals surface area contributed by atoms with Gasteiger partial charge in [0.05, 0.1) is 7.11 Å². The molecule has 3 aromatic rings. The smallest absolute Gasteiger partial charge is 0.324 e. The summed E-state index contributed by atoms with van der Waals surface area (Å²) in [4.78, 5) is 16.5. The number of anilines is 2. The van der Waals surface area contributed by atoms with Crippen LogP contribution in [-0.4, -0.2) is 18.1 Å². The average molecular weight is 391 g/mol. The molecule has 0 spiro atoms. The third kappa shape index (κ3) is 5.72. The number of rotatable bonds is 5. The maximum atomic E-state index is 12.3. The molecule has 2 N–H and O–H groups in total. The Kier molecular flexibility index (Phi) is 6.02. The summed E-state index contributed by atoms with van der Waals surface area (Å²) in [5.41, 5.74) is 1.73. The second-order valence-electron chi connectivity index (χ2n) is 7.56. The molecule has 29 heavy (non-hydrogen) atoms. The molecule has 0 unspecified atom stereocenters. The standard InChI is InChI=1S/C23H25N3O3/c1-23(2,3)16-13-14-24-21(15-16)26-22(27)25-17-5-7-19(8-6-17)29-20-11-9-18(28-4)10-12-20/h5-15H,1-4H3,(H2,24,25,26,27). The molecule has 0 fully saturated rings. The molecule has 2 amide bonds. The van der Waals surface area contributed by atoms with Crippen LogP contribution in [0.25, 0.3) is 0 Å². The highest BCUT2D eigenvalue weighted by Crippen LogP contribution is 2.25. The van der Waals surface area contributed by atoms with Gasteiger partial charge in [-0.15, -0.1) is 0 Å². The number of amides is 2. The minimum Gasteiger partial charge on any atom is -0.497 e. The lowest BCUT2D eigenvalue weighted by Crippen LogP contribution is -2.21. The van der Waals surface area contributed by atoms with Crippen LogP contribution in [-0.2, 0) is 5.41 Å². The van der Waals surface area contributed by atoms with E-state index < -0.39 is 0 Å². The van der Waals surface area contributed by atoms with Crippen LogP contribution in [0.3, 0.4) is 0 Å². The second-order valence-corrected chi connectivity index (χ2v) is 7.56. The van der Waals surface area contributed by atoms with Crippen LogP contribution in [0.4, 0.5) is 16.3 Å². The van der Waals surface area contributed by atoms with E-state index in [0.29, 0.717) is 23.0 Å². The van der Waals surface area contributed by atoms with Crippen LogP contribution in [0.5, 0.6) is 17.2 Å². The van der Waals surface area contributed by atoms with Gasteiger partial charge < -0.3 is 14.8 Å². The van der Waals surface area contributed by atoms with Gasteiger partial charge in [0.15, 0.2) is 0 Å². The highest BCUT2D eigenvalue weighted by molar-refractivity contribution is 5.99. The van der Waals surface area contributed by atoms with E-state index in [1.807, 2.05) is 36.4 Å². The maximum Gasteiger partial charge on any atom is 0.324 e. The second kappa shape index (κ2) is 8.65. The lowest BCUT2D eigenvalue weighted by Gasteiger charge is -2.19. The number of aromatic nitrogens is 1. The Bertz CT molecular complexity index is 962. The quantitative estimate of drug-likeness (QED) is 0.574. The molecule has 6 nitrogen and oxygen atoms in total. The number of carbonyl (C=O) groups excluding carboxylic acids is 1. The molecular weight excluding hydrogens is 366 g/mol.